The van der Waals surface area contributed by atoms with Crippen LogP contribution in [-0.4, -0.2) is 37.2 Å². The van der Waals surface area contributed by atoms with Crippen molar-refractivity contribution in [2.75, 3.05) is 13.2 Å². The van der Waals surface area contributed by atoms with Gasteiger partial charge < -0.3 is 14.2 Å². The van der Waals surface area contributed by atoms with Crippen molar-refractivity contribution < 1.29 is 28.6 Å². The molecule has 380 valence electrons. The second-order valence-electron chi connectivity index (χ2n) is 17.7. The highest BCUT2D eigenvalue weighted by Gasteiger charge is 2.19. The Kier molecular flexibility index (Phi) is 51.5. The summed E-state index contributed by atoms with van der Waals surface area (Å²) in [5, 5.41) is 0. The molecule has 0 aliphatic heterocycles. The normalized spacial score (nSPS) is 12.9. The number of hydrogen-bond donors (Lipinski definition) is 0. The lowest BCUT2D eigenvalue weighted by molar-refractivity contribution is -0.167. The molecular formula is C61H100O6. The van der Waals surface area contributed by atoms with Gasteiger partial charge in [-0.2, -0.15) is 0 Å². The van der Waals surface area contributed by atoms with Crippen LogP contribution < -0.4 is 0 Å². The van der Waals surface area contributed by atoms with Crippen LogP contribution in [0.3, 0.4) is 0 Å². The zero-order chi connectivity index (χ0) is 48.6. The van der Waals surface area contributed by atoms with Crippen molar-refractivity contribution in [3.8, 4) is 0 Å². The van der Waals surface area contributed by atoms with E-state index in [4.69, 9.17) is 14.2 Å². The van der Waals surface area contributed by atoms with Crippen molar-refractivity contribution in [3.05, 3.63) is 109 Å². The maximum atomic E-state index is 12.8. The lowest BCUT2D eigenvalue weighted by Crippen LogP contribution is -2.30. The Morgan fingerprint density at radius 1 is 0.313 bits per heavy atom. The van der Waals surface area contributed by atoms with Gasteiger partial charge in [-0.25, -0.2) is 0 Å². The van der Waals surface area contributed by atoms with Crippen LogP contribution >= 0.6 is 0 Å². The Labute approximate surface area is 412 Å². The molecule has 0 aliphatic rings. The van der Waals surface area contributed by atoms with Gasteiger partial charge in [0.25, 0.3) is 0 Å². The molecule has 6 nitrogen and oxygen atoms in total. The second kappa shape index (κ2) is 54.7. The van der Waals surface area contributed by atoms with E-state index in [9.17, 15) is 14.4 Å². The molecule has 0 amide bonds. The average Bonchev–Trinajstić information content (AvgIpc) is 3.33. The Balaban J connectivity index is 4.51. The van der Waals surface area contributed by atoms with E-state index in [0.717, 1.165) is 148 Å². The van der Waals surface area contributed by atoms with Crippen molar-refractivity contribution in [1.82, 2.24) is 0 Å². The number of unbranched alkanes of at least 4 members (excludes halogenated alkanes) is 19. The molecule has 0 saturated heterocycles. The second-order valence-corrected chi connectivity index (χ2v) is 17.7. The van der Waals surface area contributed by atoms with E-state index in [1.54, 1.807) is 0 Å². The van der Waals surface area contributed by atoms with Gasteiger partial charge in [0, 0.05) is 19.3 Å². The van der Waals surface area contributed by atoms with E-state index >= 15 is 0 Å². The monoisotopic (exact) mass is 929 g/mol. The van der Waals surface area contributed by atoms with Gasteiger partial charge in [-0.15, -0.1) is 0 Å². The number of esters is 3. The molecule has 0 bridgehead atoms. The first-order valence-corrected chi connectivity index (χ1v) is 27.4. The van der Waals surface area contributed by atoms with Gasteiger partial charge in [0.2, 0.25) is 0 Å². The van der Waals surface area contributed by atoms with Crippen molar-refractivity contribution >= 4 is 17.9 Å². The first kappa shape index (κ1) is 63.1. The summed E-state index contributed by atoms with van der Waals surface area (Å²) in [5.41, 5.74) is 0. The van der Waals surface area contributed by atoms with E-state index in [1.165, 1.54) is 51.4 Å². The van der Waals surface area contributed by atoms with Crippen molar-refractivity contribution in [2.45, 2.75) is 245 Å². The highest BCUT2D eigenvalue weighted by Crippen LogP contribution is 2.13. The number of ether oxygens (including phenoxy) is 3. The molecule has 0 aromatic carbocycles. The Bertz CT molecular complexity index is 1390. The topological polar surface area (TPSA) is 78.9 Å². The van der Waals surface area contributed by atoms with Gasteiger partial charge in [0.15, 0.2) is 6.10 Å². The molecule has 0 spiro atoms. The van der Waals surface area contributed by atoms with Gasteiger partial charge >= 0.3 is 17.9 Å². The van der Waals surface area contributed by atoms with Crippen LogP contribution in [0.1, 0.15) is 239 Å². The number of rotatable bonds is 48. The van der Waals surface area contributed by atoms with E-state index < -0.39 is 6.10 Å². The summed E-state index contributed by atoms with van der Waals surface area (Å²) in [5.74, 6) is -0.969. The summed E-state index contributed by atoms with van der Waals surface area (Å²) in [6, 6.07) is 0. The summed E-state index contributed by atoms with van der Waals surface area (Å²) in [7, 11) is 0. The molecule has 0 saturated carbocycles. The van der Waals surface area contributed by atoms with Crippen LogP contribution in [-0.2, 0) is 28.6 Å². The third-order valence-corrected chi connectivity index (χ3v) is 11.2. The van der Waals surface area contributed by atoms with Crippen LogP contribution in [0.15, 0.2) is 109 Å². The van der Waals surface area contributed by atoms with Gasteiger partial charge in [-0.3, -0.25) is 14.4 Å². The SMILES string of the molecule is CC/C=C/C/C=C/C/C=C/CCCCCCCC(=O)O[C@@H](COC(=O)CCCCC/C=C/C/C=C/C/C=C/C/C=C/CCCCC)COC(=O)CCCCCCC/C=C/C/C=C/CCCCC. The number of carbonyl (C=O) groups excluding carboxylic acids is 3. The third kappa shape index (κ3) is 52.9. The van der Waals surface area contributed by atoms with E-state index in [0.29, 0.717) is 19.3 Å². The molecule has 0 radical (unpaired) electrons. The summed E-state index contributed by atoms with van der Waals surface area (Å²) in [6.07, 6.45) is 73.5. The quantitative estimate of drug-likeness (QED) is 0.0262. The first-order chi connectivity index (χ1) is 33.0. The Hall–Kier alpha value is -3.93. The molecule has 67 heavy (non-hydrogen) atoms. The average molecular weight is 929 g/mol. The zero-order valence-electron chi connectivity index (χ0n) is 43.4. The third-order valence-electron chi connectivity index (χ3n) is 11.2. The fraction of sp³-hybridized carbons (Fsp3) is 0.656. The highest BCUT2D eigenvalue weighted by atomic mass is 16.6. The Morgan fingerprint density at radius 3 is 0.925 bits per heavy atom. The van der Waals surface area contributed by atoms with Crippen LogP contribution in [0.5, 0.6) is 0 Å². The fourth-order valence-electron chi connectivity index (χ4n) is 7.12. The smallest absolute Gasteiger partial charge is 0.306 e. The minimum atomic E-state index is -0.808. The lowest BCUT2D eigenvalue weighted by Gasteiger charge is -2.18. The molecule has 0 N–H and O–H groups in total. The largest absolute Gasteiger partial charge is 0.462 e. The zero-order valence-corrected chi connectivity index (χ0v) is 43.4. The molecule has 0 aliphatic carbocycles. The van der Waals surface area contributed by atoms with Crippen molar-refractivity contribution in [1.29, 1.82) is 0 Å². The van der Waals surface area contributed by atoms with Crippen LogP contribution in [0.2, 0.25) is 0 Å². The molecule has 0 aromatic heterocycles. The summed E-state index contributed by atoms with van der Waals surface area (Å²) < 4.78 is 16.8. The summed E-state index contributed by atoms with van der Waals surface area (Å²) >= 11 is 0. The van der Waals surface area contributed by atoms with E-state index in [-0.39, 0.29) is 31.1 Å². The summed E-state index contributed by atoms with van der Waals surface area (Å²) in [6.45, 7) is 6.41. The minimum Gasteiger partial charge on any atom is -0.462 e. The predicted molar refractivity (Wildman–Crippen MR) is 288 cm³/mol. The number of carbonyl (C=O) groups is 3. The van der Waals surface area contributed by atoms with Crippen molar-refractivity contribution in [3.63, 3.8) is 0 Å². The Morgan fingerprint density at radius 2 is 0.582 bits per heavy atom. The number of allylic oxidation sites excluding steroid dienone is 18. The fourth-order valence-corrected chi connectivity index (χ4v) is 7.12. The van der Waals surface area contributed by atoms with E-state index in [1.807, 2.05) is 0 Å². The minimum absolute atomic E-state index is 0.105. The van der Waals surface area contributed by atoms with Crippen LogP contribution in [0.25, 0.3) is 0 Å². The van der Waals surface area contributed by atoms with Crippen LogP contribution in [0.4, 0.5) is 0 Å². The lowest BCUT2D eigenvalue weighted by atomic mass is 10.1. The first-order valence-electron chi connectivity index (χ1n) is 27.4. The van der Waals surface area contributed by atoms with Crippen molar-refractivity contribution in [2.24, 2.45) is 0 Å². The van der Waals surface area contributed by atoms with Gasteiger partial charge in [-0.05, 0) is 128 Å². The highest BCUT2D eigenvalue weighted by molar-refractivity contribution is 5.71. The molecule has 0 fully saturated rings. The molecular weight excluding hydrogens is 829 g/mol. The van der Waals surface area contributed by atoms with Gasteiger partial charge in [-0.1, -0.05) is 201 Å². The van der Waals surface area contributed by atoms with Crippen LogP contribution in [0, 0.1) is 0 Å². The molecule has 0 heterocycles. The number of hydrogen-bond acceptors (Lipinski definition) is 6. The maximum absolute atomic E-state index is 12.8. The maximum Gasteiger partial charge on any atom is 0.306 e. The molecule has 6 heteroatoms. The molecule has 0 rings (SSSR count). The molecule has 0 aromatic rings. The van der Waals surface area contributed by atoms with Gasteiger partial charge in [0.1, 0.15) is 13.2 Å². The van der Waals surface area contributed by atoms with Gasteiger partial charge in [0.05, 0.1) is 0 Å². The molecule has 0 unspecified atom stereocenters. The predicted octanol–water partition coefficient (Wildman–Crippen LogP) is 18.3. The molecule has 1 atom stereocenters. The standard InChI is InChI=1S/C61H100O6/c1-4-7-10-13-16-19-22-25-28-29-30-31-34-36-39-42-45-48-51-54-60(63)66-57-58(67-61(64)55-52-49-46-43-40-37-33-27-24-21-18-15-12-9-6-3)56-65-59(62)53-50-47-44-41-38-35-32-26-23-20-17-14-11-8-5-2/h9,12,16-21,25-28,30-33,36,39,58H,4-8,10-11,13-15,22-24,29,34-35,37-38,40-57H2,1-3H3/b12-9+,19-16+,20-17+,21-18+,28-25+,31-30+,32-26+,33-27+,39-36+/t58-/m1/s1. The summed E-state index contributed by atoms with van der Waals surface area (Å²) in [4.78, 5) is 38.1. The van der Waals surface area contributed by atoms with E-state index in [2.05, 4.69) is 130 Å².